The first kappa shape index (κ1) is 15.4. The lowest BCUT2D eigenvalue weighted by Crippen LogP contribution is -2.10. The van der Waals surface area contributed by atoms with Gasteiger partial charge in [0.1, 0.15) is 22.4 Å². The predicted molar refractivity (Wildman–Crippen MR) is 80.6 cm³/mol. The van der Waals surface area contributed by atoms with Gasteiger partial charge in [0.15, 0.2) is 0 Å². The Hall–Kier alpha value is -0.690. The highest BCUT2D eigenvalue weighted by molar-refractivity contribution is 9.10. The molecular weight excluding hydrogens is 316 g/mol. The molecule has 1 heterocycles. The van der Waals surface area contributed by atoms with Crippen LogP contribution in [0.2, 0.25) is 0 Å². The van der Waals surface area contributed by atoms with Crippen molar-refractivity contribution in [2.75, 3.05) is 35.7 Å². The molecule has 0 spiro atoms. The van der Waals surface area contributed by atoms with Crippen molar-refractivity contribution in [2.24, 2.45) is 0 Å². The van der Waals surface area contributed by atoms with Crippen LogP contribution in [0.5, 0.6) is 0 Å². The highest BCUT2D eigenvalue weighted by Crippen LogP contribution is 2.26. The molecule has 1 unspecified atom stereocenters. The van der Waals surface area contributed by atoms with Crippen LogP contribution in [0.25, 0.3) is 0 Å². The third-order valence-corrected chi connectivity index (χ3v) is 3.85. The Labute approximate surface area is 119 Å². The summed E-state index contributed by atoms with van der Waals surface area (Å²) in [6.07, 6.45) is 5.15. The largest absolute Gasteiger partial charge is 0.369 e. The van der Waals surface area contributed by atoms with Crippen LogP contribution in [0.15, 0.2) is 10.8 Å². The van der Waals surface area contributed by atoms with Crippen LogP contribution < -0.4 is 10.6 Å². The van der Waals surface area contributed by atoms with Gasteiger partial charge in [-0.25, -0.2) is 9.97 Å². The maximum Gasteiger partial charge on any atom is 0.145 e. The number of rotatable bonds is 8. The van der Waals surface area contributed by atoms with Crippen LogP contribution in [0.1, 0.15) is 19.8 Å². The molecule has 0 amide bonds. The minimum atomic E-state index is -0.734. The summed E-state index contributed by atoms with van der Waals surface area (Å²) in [5.41, 5.74) is 0. The first-order chi connectivity index (χ1) is 8.65. The van der Waals surface area contributed by atoms with E-state index in [1.54, 1.807) is 6.26 Å². The molecule has 0 radical (unpaired) electrons. The van der Waals surface area contributed by atoms with E-state index in [1.165, 1.54) is 6.33 Å². The molecule has 0 aliphatic rings. The van der Waals surface area contributed by atoms with Crippen LogP contribution in [-0.4, -0.2) is 39.3 Å². The molecule has 0 aliphatic heterocycles. The van der Waals surface area contributed by atoms with E-state index in [4.69, 9.17) is 0 Å². The van der Waals surface area contributed by atoms with E-state index < -0.39 is 10.8 Å². The van der Waals surface area contributed by atoms with Crippen molar-refractivity contribution in [3.05, 3.63) is 10.8 Å². The fraction of sp³-hybridized carbons (Fsp3) is 0.636. The highest BCUT2D eigenvalue weighted by atomic mass is 79.9. The van der Waals surface area contributed by atoms with E-state index in [0.29, 0.717) is 5.75 Å². The van der Waals surface area contributed by atoms with E-state index in [-0.39, 0.29) is 0 Å². The highest BCUT2D eigenvalue weighted by Gasteiger charge is 2.07. The molecule has 0 aliphatic carbocycles. The third-order valence-electron chi connectivity index (χ3n) is 2.23. The Balaban J connectivity index is 2.52. The number of nitrogens with one attached hydrogen (secondary N) is 2. The van der Waals surface area contributed by atoms with Gasteiger partial charge in [0.25, 0.3) is 0 Å². The topological polar surface area (TPSA) is 66.9 Å². The molecule has 1 atom stereocenters. The van der Waals surface area contributed by atoms with Crippen LogP contribution in [-0.2, 0) is 10.8 Å². The van der Waals surface area contributed by atoms with Gasteiger partial charge in [-0.1, -0.05) is 6.92 Å². The monoisotopic (exact) mass is 334 g/mol. The van der Waals surface area contributed by atoms with Gasteiger partial charge in [0, 0.05) is 35.9 Å². The summed E-state index contributed by atoms with van der Waals surface area (Å²) >= 11 is 3.48. The average molecular weight is 335 g/mol. The predicted octanol–water partition coefficient (Wildman–Crippen LogP) is 2.24. The average Bonchev–Trinajstić information content (AvgIpc) is 2.34. The Kier molecular flexibility index (Phi) is 7.19. The Morgan fingerprint density at radius 3 is 2.44 bits per heavy atom. The number of nitrogens with zero attached hydrogens (tertiary/aromatic N) is 2. The van der Waals surface area contributed by atoms with Gasteiger partial charge < -0.3 is 10.6 Å². The molecule has 7 heteroatoms. The lowest BCUT2D eigenvalue weighted by Gasteiger charge is -2.10. The molecule has 0 aromatic carbocycles. The quantitative estimate of drug-likeness (QED) is 0.713. The second-order valence-corrected chi connectivity index (χ2v) is 6.22. The van der Waals surface area contributed by atoms with Gasteiger partial charge >= 0.3 is 0 Å². The van der Waals surface area contributed by atoms with Crippen LogP contribution in [0, 0.1) is 0 Å². The van der Waals surface area contributed by atoms with Crippen molar-refractivity contribution >= 4 is 38.4 Å². The van der Waals surface area contributed by atoms with Crippen molar-refractivity contribution in [2.45, 2.75) is 19.8 Å². The van der Waals surface area contributed by atoms with Crippen molar-refractivity contribution in [1.29, 1.82) is 0 Å². The van der Waals surface area contributed by atoms with E-state index in [9.17, 15) is 4.21 Å². The zero-order chi connectivity index (χ0) is 13.4. The van der Waals surface area contributed by atoms with E-state index in [2.05, 4.69) is 43.5 Å². The van der Waals surface area contributed by atoms with E-state index >= 15 is 0 Å². The molecule has 0 saturated carbocycles. The molecule has 1 aromatic heterocycles. The van der Waals surface area contributed by atoms with Gasteiger partial charge in [-0.05, 0) is 28.8 Å². The van der Waals surface area contributed by atoms with Crippen LogP contribution >= 0.6 is 15.9 Å². The molecule has 0 saturated heterocycles. The van der Waals surface area contributed by atoms with Crippen molar-refractivity contribution in [1.82, 2.24) is 9.97 Å². The van der Waals surface area contributed by atoms with Gasteiger partial charge in [-0.2, -0.15) is 0 Å². The summed E-state index contributed by atoms with van der Waals surface area (Å²) < 4.78 is 11.8. The molecular formula is C11H19BrN4OS. The Morgan fingerprint density at radius 1 is 1.28 bits per heavy atom. The maximum absolute atomic E-state index is 10.9. The lowest BCUT2D eigenvalue weighted by molar-refractivity contribution is 0.685. The lowest BCUT2D eigenvalue weighted by atomic mass is 10.4. The minimum absolute atomic E-state index is 0.705. The first-order valence-corrected chi connectivity index (χ1v) is 8.45. The molecule has 2 N–H and O–H groups in total. The van der Waals surface area contributed by atoms with Gasteiger partial charge in [-0.15, -0.1) is 0 Å². The van der Waals surface area contributed by atoms with Crippen molar-refractivity contribution in [3.63, 3.8) is 0 Å². The molecule has 102 valence electrons. The minimum Gasteiger partial charge on any atom is -0.369 e. The van der Waals surface area contributed by atoms with Gasteiger partial charge in [-0.3, -0.25) is 4.21 Å². The molecule has 5 nitrogen and oxygen atoms in total. The number of aromatic nitrogens is 2. The van der Waals surface area contributed by atoms with E-state index in [1.807, 2.05) is 0 Å². The first-order valence-electron chi connectivity index (χ1n) is 5.93. The number of halogens is 1. The number of hydrogen-bond acceptors (Lipinski definition) is 5. The molecule has 18 heavy (non-hydrogen) atoms. The molecule has 1 aromatic rings. The van der Waals surface area contributed by atoms with Crippen molar-refractivity contribution in [3.8, 4) is 0 Å². The number of hydrogen-bond donors (Lipinski definition) is 2. The summed E-state index contributed by atoms with van der Waals surface area (Å²) in [5.74, 6) is 2.27. The molecule has 0 fully saturated rings. The summed E-state index contributed by atoms with van der Waals surface area (Å²) in [4.78, 5) is 8.35. The zero-order valence-electron chi connectivity index (χ0n) is 10.7. The third kappa shape index (κ3) is 5.30. The SMILES string of the molecule is CCCNc1ncnc(NCCCS(C)=O)c1Br. The smallest absolute Gasteiger partial charge is 0.145 e. The van der Waals surface area contributed by atoms with Crippen molar-refractivity contribution < 1.29 is 4.21 Å². The Morgan fingerprint density at radius 2 is 1.89 bits per heavy atom. The fourth-order valence-electron chi connectivity index (χ4n) is 1.34. The summed E-state index contributed by atoms with van der Waals surface area (Å²) in [7, 11) is -0.734. The summed E-state index contributed by atoms with van der Waals surface area (Å²) in [6.45, 7) is 3.73. The maximum atomic E-state index is 10.9. The molecule has 0 bridgehead atoms. The normalized spacial score (nSPS) is 12.2. The van der Waals surface area contributed by atoms with Gasteiger partial charge in [0.2, 0.25) is 0 Å². The summed E-state index contributed by atoms with van der Waals surface area (Å²) in [6, 6.07) is 0. The van der Waals surface area contributed by atoms with Gasteiger partial charge in [0.05, 0.1) is 0 Å². The fourth-order valence-corrected chi connectivity index (χ4v) is 2.38. The zero-order valence-corrected chi connectivity index (χ0v) is 13.1. The van der Waals surface area contributed by atoms with Crippen LogP contribution in [0.3, 0.4) is 0 Å². The summed E-state index contributed by atoms with van der Waals surface area (Å²) in [5, 5.41) is 6.44. The van der Waals surface area contributed by atoms with E-state index in [0.717, 1.165) is 42.0 Å². The molecule has 1 rings (SSSR count). The standard InChI is InChI=1S/C11H19BrN4OS/c1-3-5-13-10-9(12)11(16-8-15-10)14-6-4-7-18(2)17/h8H,3-7H2,1-2H3,(H2,13,14,15,16). The van der Waals surface area contributed by atoms with Crippen LogP contribution in [0.4, 0.5) is 11.6 Å². The number of anilines is 2. The second kappa shape index (κ2) is 8.42. The Bertz CT molecular complexity index is 403. The second-order valence-electron chi connectivity index (χ2n) is 3.87.